The summed E-state index contributed by atoms with van der Waals surface area (Å²) in [7, 11) is 0. The molecule has 0 radical (unpaired) electrons. The highest BCUT2D eigenvalue weighted by atomic mass is 19.1. The molecule has 1 aliphatic carbocycles. The van der Waals surface area contributed by atoms with Crippen molar-refractivity contribution in [2.75, 3.05) is 5.32 Å². The molecule has 4 nitrogen and oxygen atoms in total. The number of nitrogens with one attached hydrogen (secondary N) is 1. The third kappa shape index (κ3) is 2.91. The zero-order valence-electron chi connectivity index (χ0n) is 13.3. The summed E-state index contributed by atoms with van der Waals surface area (Å²) in [4.78, 5) is 12.5. The van der Waals surface area contributed by atoms with Crippen molar-refractivity contribution in [2.24, 2.45) is 0 Å². The number of fused-ring (bicyclic) bond motifs is 1. The monoisotopic (exact) mass is 339 g/mol. The van der Waals surface area contributed by atoms with Crippen LogP contribution in [0, 0.1) is 11.6 Å². The minimum absolute atomic E-state index is 0.0648. The molecule has 2 aromatic carbocycles. The molecule has 126 valence electrons. The van der Waals surface area contributed by atoms with E-state index in [1.54, 1.807) is 4.68 Å². The number of carbonyl (C=O) groups excluding carboxylic acids is 1. The van der Waals surface area contributed by atoms with Crippen LogP contribution in [0.2, 0.25) is 0 Å². The summed E-state index contributed by atoms with van der Waals surface area (Å²) < 4.78 is 28.5. The Morgan fingerprint density at radius 1 is 1.04 bits per heavy atom. The maximum Gasteiger partial charge on any atom is 0.257 e. The number of anilines is 1. The van der Waals surface area contributed by atoms with Gasteiger partial charge in [-0.25, -0.2) is 13.5 Å². The molecule has 1 heterocycles. The number of aromatic nitrogens is 2. The normalized spacial score (nSPS) is 12.9. The molecule has 0 bridgehead atoms. The summed E-state index contributed by atoms with van der Waals surface area (Å²) in [5.74, 6) is -1.57. The number of hydrogen-bond donors (Lipinski definition) is 1. The van der Waals surface area contributed by atoms with Gasteiger partial charge < -0.3 is 5.32 Å². The third-order valence-corrected chi connectivity index (χ3v) is 4.26. The van der Waals surface area contributed by atoms with Crippen LogP contribution in [0.25, 0.3) is 5.69 Å². The number of rotatable bonds is 3. The second-order valence-corrected chi connectivity index (χ2v) is 5.99. The largest absolute Gasteiger partial charge is 0.306 e. The van der Waals surface area contributed by atoms with Gasteiger partial charge in [-0.1, -0.05) is 18.2 Å². The standard InChI is InChI=1S/C19H15F2N3O/c20-13-9-12(10-14(21)11-13)19(25)22-18-16-7-4-8-17(16)23-24(18)15-5-2-1-3-6-15/h1-3,5-6,9-11H,4,7-8H2,(H,22,25). The molecule has 0 spiro atoms. The molecule has 0 atom stereocenters. The zero-order valence-corrected chi connectivity index (χ0v) is 13.3. The maximum atomic E-state index is 13.4. The topological polar surface area (TPSA) is 46.9 Å². The summed E-state index contributed by atoms with van der Waals surface area (Å²) in [5, 5.41) is 7.38. The number of carbonyl (C=O) groups is 1. The number of para-hydroxylation sites is 1. The lowest BCUT2D eigenvalue weighted by molar-refractivity contribution is 0.102. The van der Waals surface area contributed by atoms with Crippen LogP contribution in [0.3, 0.4) is 0 Å². The molecule has 0 saturated carbocycles. The van der Waals surface area contributed by atoms with Crippen LogP contribution in [0.4, 0.5) is 14.6 Å². The Morgan fingerprint density at radius 2 is 1.76 bits per heavy atom. The molecule has 1 aliphatic rings. The van der Waals surface area contributed by atoms with Gasteiger partial charge in [0.1, 0.15) is 17.5 Å². The molecule has 1 amide bonds. The van der Waals surface area contributed by atoms with Gasteiger partial charge in [0.2, 0.25) is 0 Å². The van der Waals surface area contributed by atoms with Crippen molar-refractivity contribution in [1.29, 1.82) is 0 Å². The van der Waals surface area contributed by atoms with E-state index >= 15 is 0 Å². The average Bonchev–Trinajstić information content (AvgIpc) is 3.17. The summed E-state index contributed by atoms with van der Waals surface area (Å²) in [5.41, 5.74) is 2.68. The summed E-state index contributed by atoms with van der Waals surface area (Å²) in [6.45, 7) is 0. The van der Waals surface area contributed by atoms with E-state index in [0.29, 0.717) is 5.82 Å². The van der Waals surface area contributed by atoms with E-state index in [4.69, 9.17) is 0 Å². The fourth-order valence-electron chi connectivity index (χ4n) is 3.14. The van der Waals surface area contributed by atoms with Gasteiger partial charge >= 0.3 is 0 Å². The first-order chi connectivity index (χ1) is 12.1. The quantitative estimate of drug-likeness (QED) is 0.787. The lowest BCUT2D eigenvalue weighted by atomic mass is 10.2. The summed E-state index contributed by atoms with van der Waals surface area (Å²) in [6.07, 6.45) is 2.65. The van der Waals surface area contributed by atoms with E-state index in [0.717, 1.165) is 54.4 Å². The molecular formula is C19H15F2N3O. The second kappa shape index (κ2) is 6.12. The van der Waals surface area contributed by atoms with E-state index in [-0.39, 0.29) is 5.56 Å². The Hall–Kier alpha value is -3.02. The van der Waals surface area contributed by atoms with E-state index < -0.39 is 17.5 Å². The van der Waals surface area contributed by atoms with Crippen LogP contribution in [0.1, 0.15) is 28.0 Å². The Kier molecular flexibility index (Phi) is 3.80. The minimum Gasteiger partial charge on any atom is -0.306 e. The predicted octanol–water partition coefficient (Wildman–Crippen LogP) is 3.89. The number of nitrogens with zero attached hydrogens (tertiary/aromatic N) is 2. The molecule has 6 heteroatoms. The van der Waals surface area contributed by atoms with E-state index in [2.05, 4.69) is 10.4 Å². The minimum atomic E-state index is -0.785. The van der Waals surface area contributed by atoms with Crippen molar-refractivity contribution < 1.29 is 13.6 Å². The molecule has 3 aromatic rings. The molecule has 0 saturated heterocycles. The Balaban J connectivity index is 1.74. The molecule has 1 aromatic heterocycles. The fourth-order valence-corrected chi connectivity index (χ4v) is 3.14. The van der Waals surface area contributed by atoms with Gasteiger partial charge in [-0.15, -0.1) is 0 Å². The molecule has 1 N–H and O–H groups in total. The van der Waals surface area contributed by atoms with Crippen molar-refractivity contribution in [3.63, 3.8) is 0 Å². The van der Waals surface area contributed by atoms with Crippen molar-refractivity contribution in [3.8, 4) is 5.69 Å². The van der Waals surface area contributed by atoms with Gasteiger partial charge in [0.25, 0.3) is 5.91 Å². The second-order valence-electron chi connectivity index (χ2n) is 5.99. The van der Waals surface area contributed by atoms with E-state index in [1.807, 2.05) is 30.3 Å². The lowest BCUT2D eigenvalue weighted by Crippen LogP contribution is -2.16. The Morgan fingerprint density at radius 3 is 2.48 bits per heavy atom. The number of benzene rings is 2. The average molecular weight is 339 g/mol. The summed E-state index contributed by atoms with van der Waals surface area (Å²) >= 11 is 0. The van der Waals surface area contributed by atoms with Crippen molar-refractivity contribution >= 4 is 11.7 Å². The van der Waals surface area contributed by atoms with Gasteiger partial charge in [0.05, 0.1) is 11.4 Å². The number of halogens is 2. The Labute approximate surface area is 143 Å². The molecule has 4 rings (SSSR count). The van der Waals surface area contributed by atoms with Gasteiger partial charge in [-0.3, -0.25) is 4.79 Å². The first-order valence-electron chi connectivity index (χ1n) is 8.05. The Bertz CT molecular complexity index is 931. The van der Waals surface area contributed by atoms with E-state index in [9.17, 15) is 13.6 Å². The molecular weight excluding hydrogens is 324 g/mol. The first-order valence-corrected chi connectivity index (χ1v) is 8.05. The molecule has 25 heavy (non-hydrogen) atoms. The zero-order chi connectivity index (χ0) is 17.4. The van der Waals surface area contributed by atoms with Gasteiger partial charge in [-0.2, -0.15) is 5.10 Å². The van der Waals surface area contributed by atoms with Crippen LogP contribution in [-0.4, -0.2) is 15.7 Å². The lowest BCUT2D eigenvalue weighted by Gasteiger charge is -2.11. The highest BCUT2D eigenvalue weighted by molar-refractivity contribution is 6.04. The highest BCUT2D eigenvalue weighted by Crippen LogP contribution is 2.31. The third-order valence-electron chi connectivity index (χ3n) is 4.26. The van der Waals surface area contributed by atoms with Crippen molar-refractivity contribution in [1.82, 2.24) is 9.78 Å². The van der Waals surface area contributed by atoms with E-state index in [1.165, 1.54) is 0 Å². The predicted molar refractivity (Wildman–Crippen MR) is 89.9 cm³/mol. The van der Waals surface area contributed by atoms with Gasteiger partial charge in [0, 0.05) is 17.2 Å². The number of hydrogen-bond acceptors (Lipinski definition) is 2. The molecule has 0 unspecified atom stereocenters. The van der Waals surface area contributed by atoms with Crippen LogP contribution in [-0.2, 0) is 12.8 Å². The van der Waals surface area contributed by atoms with Crippen LogP contribution in [0.5, 0.6) is 0 Å². The van der Waals surface area contributed by atoms with Crippen molar-refractivity contribution in [2.45, 2.75) is 19.3 Å². The highest BCUT2D eigenvalue weighted by Gasteiger charge is 2.24. The SMILES string of the molecule is O=C(Nc1c2c(nn1-c1ccccc1)CCC2)c1cc(F)cc(F)c1. The first kappa shape index (κ1) is 15.5. The smallest absolute Gasteiger partial charge is 0.257 e. The van der Waals surface area contributed by atoms with Crippen molar-refractivity contribution in [3.05, 3.63) is 77.0 Å². The van der Waals surface area contributed by atoms with Gasteiger partial charge in [-0.05, 0) is 43.5 Å². The van der Waals surface area contributed by atoms with Crippen LogP contribution >= 0.6 is 0 Å². The summed E-state index contributed by atoms with van der Waals surface area (Å²) in [6, 6.07) is 12.2. The molecule has 0 fully saturated rings. The van der Waals surface area contributed by atoms with Crippen LogP contribution < -0.4 is 5.32 Å². The van der Waals surface area contributed by atoms with Crippen LogP contribution in [0.15, 0.2) is 48.5 Å². The molecule has 0 aliphatic heterocycles. The maximum absolute atomic E-state index is 13.4. The number of aryl methyl sites for hydroxylation is 1. The van der Waals surface area contributed by atoms with Gasteiger partial charge in [0.15, 0.2) is 0 Å². The number of amides is 1. The fraction of sp³-hybridized carbons (Fsp3) is 0.158.